The van der Waals surface area contributed by atoms with Crippen molar-refractivity contribution in [2.45, 2.75) is 13.5 Å². The minimum Gasteiger partial charge on any atom is -0.478 e. The van der Waals surface area contributed by atoms with Gasteiger partial charge < -0.3 is 14.9 Å². The molecule has 2 N–H and O–H groups in total. The van der Waals surface area contributed by atoms with E-state index in [1.54, 1.807) is 37.4 Å². The molecule has 0 amide bonds. The van der Waals surface area contributed by atoms with Gasteiger partial charge in [-0.2, -0.15) is 0 Å². The van der Waals surface area contributed by atoms with Crippen molar-refractivity contribution in [1.29, 1.82) is 0 Å². The number of carboxylic acids is 1. The smallest absolute Gasteiger partial charge is 0.335 e. The van der Waals surface area contributed by atoms with Crippen LogP contribution < -0.4 is 5.32 Å². The summed E-state index contributed by atoms with van der Waals surface area (Å²) >= 11 is 0. The molecule has 0 aliphatic carbocycles. The van der Waals surface area contributed by atoms with E-state index in [4.69, 9.17) is 9.63 Å². The fourth-order valence-corrected chi connectivity index (χ4v) is 1.54. The average molecular weight is 232 g/mol. The highest BCUT2D eigenvalue weighted by Crippen LogP contribution is 2.16. The molecule has 2 rings (SSSR count). The van der Waals surface area contributed by atoms with E-state index < -0.39 is 5.97 Å². The SMILES string of the molecule is Cc1cc(NCc2ccno2)ccc1C(=O)O. The molecular formula is C12H12N2O3. The molecule has 5 nitrogen and oxygen atoms in total. The highest BCUT2D eigenvalue weighted by molar-refractivity contribution is 5.89. The second-order valence-corrected chi connectivity index (χ2v) is 3.67. The van der Waals surface area contributed by atoms with Gasteiger partial charge in [-0.15, -0.1) is 0 Å². The minimum atomic E-state index is -0.913. The third-order valence-electron chi connectivity index (χ3n) is 2.41. The molecular weight excluding hydrogens is 220 g/mol. The van der Waals surface area contributed by atoms with E-state index in [0.29, 0.717) is 12.1 Å². The molecule has 1 aromatic heterocycles. The number of rotatable bonds is 4. The molecule has 0 spiro atoms. The summed E-state index contributed by atoms with van der Waals surface area (Å²) in [6, 6.07) is 6.87. The molecule has 2 aromatic rings. The Morgan fingerprint density at radius 1 is 1.47 bits per heavy atom. The van der Waals surface area contributed by atoms with Crippen molar-refractivity contribution in [3.63, 3.8) is 0 Å². The van der Waals surface area contributed by atoms with Crippen molar-refractivity contribution < 1.29 is 14.4 Å². The zero-order valence-electron chi connectivity index (χ0n) is 9.30. The quantitative estimate of drug-likeness (QED) is 0.845. The fourth-order valence-electron chi connectivity index (χ4n) is 1.54. The summed E-state index contributed by atoms with van der Waals surface area (Å²) in [6.45, 7) is 2.29. The second kappa shape index (κ2) is 4.69. The summed E-state index contributed by atoms with van der Waals surface area (Å²) in [7, 11) is 0. The van der Waals surface area contributed by atoms with Gasteiger partial charge in [0.25, 0.3) is 0 Å². The first-order chi connectivity index (χ1) is 8.16. The maximum atomic E-state index is 10.8. The van der Waals surface area contributed by atoms with Crippen LogP contribution in [0, 0.1) is 6.92 Å². The van der Waals surface area contributed by atoms with E-state index in [0.717, 1.165) is 17.0 Å². The number of carboxylic acid groups (broad SMARTS) is 1. The number of hydrogen-bond donors (Lipinski definition) is 2. The maximum Gasteiger partial charge on any atom is 0.335 e. The summed E-state index contributed by atoms with van der Waals surface area (Å²) in [6.07, 6.45) is 1.58. The van der Waals surface area contributed by atoms with E-state index in [9.17, 15) is 4.79 Å². The van der Waals surface area contributed by atoms with Crippen LogP contribution in [0.25, 0.3) is 0 Å². The first-order valence-electron chi connectivity index (χ1n) is 5.14. The monoisotopic (exact) mass is 232 g/mol. The Labute approximate surface area is 98.1 Å². The zero-order chi connectivity index (χ0) is 12.3. The van der Waals surface area contributed by atoms with Gasteiger partial charge >= 0.3 is 5.97 Å². The van der Waals surface area contributed by atoms with Crippen LogP contribution in [0.4, 0.5) is 5.69 Å². The van der Waals surface area contributed by atoms with E-state index in [1.165, 1.54) is 0 Å². The first-order valence-corrected chi connectivity index (χ1v) is 5.14. The van der Waals surface area contributed by atoms with Gasteiger partial charge in [0, 0.05) is 11.8 Å². The number of aryl methyl sites for hydroxylation is 1. The lowest BCUT2D eigenvalue weighted by molar-refractivity contribution is 0.0696. The molecule has 0 fully saturated rings. The third-order valence-corrected chi connectivity index (χ3v) is 2.41. The van der Waals surface area contributed by atoms with Crippen molar-refractivity contribution in [1.82, 2.24) is 5.16 Å². The molecule has 17 heavy (non-hydrogen) atoms. The Balaban J connectivity index is 2.07. The lowest BCUT2D eigenvalue weighted by atomic mass is 10.1. The van der Waals surface area contributed by atoms with Crippen molar-refractivity contribution in [2.24, 2.45) is 0 Å². The number of aromatic carboxylic acids is 1. The van der Waals surface area contributed by atoms with E-state index in [2.05, 4.69) is 10.5 Å². The van der Waals surface area contributed by atoms with Gasteiger partial charge in [-0.1, -0.05) is 5.16 Å². The number of nitrogens with one attached hydrogen (secondary N) is 1. The van der Waals surface area contributed by atoms with Crippen LogP contribution in [0.15, 0.2) is 35.0 Å². The van der Waals surface area contributed by atoms with Gasteiger partial charge in [0.2, 0.25) is 0 Å². The van der Waals surface area contributed by atoms with Crippen molar-refractivity contribution in [3.05, 3.63) is 47.3 Å². The van der Waals surface area contributed by atoms with Gasteiger partial charge in [-0.3, -0.25) is 0 Å². The Morgan fingerprint density at radius 2 is 2.29 bits per heavy atom. The van der Waals surface area contributed by atoms with Crippen molar-refractivity contribution >= 4 is 11.7 Å². The third kappa shape index (κ3) is 2.63. The Hall–Kier alpha value is -2.30. The van der Waals surface area contributed by atoms with Crippen LogP contribution in [-0.2, 0) is 6.54 Å². The standard InChI is InChI=1S/C12H12N2O3/c1-8-6-9(2-3-11(8)12(15)16)13-7-10-4-5-14-17-10/h2-6,13H,7H2,1H3,(H,15,16). The highest BCUT2D eigenvalue weighted by atomic mass is 16.5. The lowest BCUT2D eigenvalue weighted by Gasteiger charge is -2.06. The van der Waals surface area contributed by atoms with Crippen LogP contribution in [0.5, 0.6) is 0 Å². The van der Waals surface area contributed by atoms with Crippen LogP contribution in [0.1, 0.15) is 21.7 Å². The predicted octanol–water partition coefficient (Wildman–Crippen LogP) is 2.29. The first kappa shape index (κ1) is 11.2. The number of aromatic nitrogens is 1. The molecule has 0 unspecified atom stereocenters. The van der Waals surface area contributed by atoms with E-state index >= 15 is 0 Å². The summed E-state index contributed by atoms with van der Waals surface area (Å²) in [5, 5.41) is 15.6. The van der Waals surface area contributed by atoms with Gasteiger partial charge in [0.15, 0.2) is 5.76 Å². The van der Waals surface area contributed by atoms with E-state index in [1.807, 2.05) is 0 Å². The number of hydrogen-bond acceptors (Lipinski definition) is 4. The van der Waals surface area contributed by atoms with E-state index in [-0.39, 0.29) is 0 Å². The van der Waals surface area contributed by atoms with Gasteiger partial charge in [0.05, 0.1) is 18.3 Å². The number of benzene rings is 1. The molecule has 0 aliphatic rings. The van der Waals surface area contributed by atoms with Crippen LogP contribution in [0.3, 0.4) is 0 Å². The molecule has 0 saturated carbocycles. The fraction of sp³-hybridized carbons (Fsp3) is 0.167. The zero-order valence-corrected chi connectivity index (χ0v) is 9.30. The Bertz CT molecular complexity index is 521. The molecule has 88 valence electrons. The molecule has 0 bridgehead atoms. The number of anilines is 1. The molecule has 1 heterocycles. The molecule has 0 atom stereocenters. The molecule has 0 radical (unpaired) electrons. The summed E-state index contributed by atoms with van der Waals surface area (Å²) < 4.78 is 4.94. The van der Waals surface area contributed by atoms with Crippen molar-refractivity contribution in [3.8, 4) is 0 Å². The van der Waals surface area contributed by atoms with Gasteiger partial charge in [-0.25, -0.2) is 4.79 Å². The highest BCUT2D eigenvalue weighted by Gasteiger charge is 2.07. The van der Waals surface area contributed by atoms with Crippen molar-refractivity contribution in [2.75, 3.05) is 5.32 Å². The lowest BCUT2D eigenvalue weighted by Crippen LogP contribution is -2.02. The maximum absolute atomic E-state index is 10.8. The summed E-state index contributed by atoms with van der Waals surface area (Å²) in [4.78, 5) is 10.8. The predicted molar refractivity (Wildman–Crippen MR) is 62.0 cm³/mol. The minimum absolute atomic E-state index is 0.315. The van der Waals surface area contributed by atoms with Crippen LogP contribution in [0.2, 0.25) is 0 Å². The molecule has 5 heteroatoms. The molecule has 0 aliphatic heterocycles. The van der Waals surface area contributed by atoms with Gasteiger partial charge in [-0.05, 0) is 30.7 Å². The topological polar surface area (TPSA) is 75.4 Å². The Morgan fingerprint density at radius 3 is 2.88 bits per heavy atom. The average Bonchev–Trinajstić information content (AvgIpc) is 2.78. The largest absolute Gasteiger partial charge is 0.478 e. The molecule has 0 saturated heterocycles. The molecule has 1 aromatic carbocycles. The van der Waals surface area contributed by atoms with Crippen LogP contribution >= 0.6 is 0 Å². The Kier molecular flexibility index (Phi) is 3.09. The normalized spacial score (nSPS) is 10.2. The van der Waals surface area contributed by atoms with Gasteiger partial charge in [0.1, 0.15) is 0 Å². The number of nitrogens with zero attached hydrogens (tertiary/aromatic N) is 1. The summed E-state index contributed by atoms with van der Waals surface area (Å²) in [5.41, 5.74) is 1.89. The second-order valence-electron chi connectivity index (χ2n) is 3.67. The number of carbonyl (C=O) groups is 1. The van der Waals surface area contributed by atoms with Crippen LogP contribution in [-0.4, -0.2) is 16.2 Å². The summed E-state index contributed by atoms with van der Waals surface area (Å²) in [5.74, 6) is -0.186.